The third-order valence-corrected chi connectivity index (χ3v) is 10.1. The molecule has 0 spiro atoms. The first-order chi connectivity index (χ1) is 22.2. The smallest absolute Gasteiger partial charge is 0.147 e. The van der Waals surface area contributed by atoms with Crippen molar-refractivity contribution in [2.75, 3.05) is 60.2 Å². The zero-order chi connectivity index (χ0) is 33.4. The summed E-state index contributed by atoms with van der Waals surface area (Å²) in [5.74, 6) is -0.617. The maximum Gasteiger partial charge on any atom is 0.147 e. The van der Waals surface area contributed by atoms with Crippen molar-refractivity contribution in [3.05, 3.63) is 69.2 Å². The summed E-state index contributed by atoms with van der Waals surface area (Å²) in [7, 11) is 3.39. The first-order valence-electron chi connectivity index (χ1n) is 16.9. The zero-order valence-corrected chi connectivity index (χ0v) is 29.3. The molecule has 10 heteroatoms. The van der Waals surface area contributed by atoms with E-state index in [2.05, 4.69) is 10.6 Å². The molecule has 3 N–H and O–H groups in total. The van der Waals surface area contributed by atoms with Crippen LogP contribution in [0, 0.1) is 23.5 Å². The second-order valence-electron chi connectivity index (χ2n) is 12.4. The molecule has 2 aromatic rings. The summed E-state index contributed by atoms with van der Waals surface area (Å²) >= 11 is 12.0. The van der Waals surface area contributed by atoms with E-state index in [1.54, 1.807) is 38.5 Å². The first kappa shape index (κ1) is 39.1. The summed E-state index contributed by atoms with van der Waals surface area (Å²) in [5.41, 5.74) is -0.918. The molecule has 0 radical (unpaired) electrons. The fourth-order valence-corrected chi connectivity index (χ4v) is 7.40. The van der Waals surface area contributed by atoms with Crippen LogP contribution in [0.3, 0.4) is 0 Å². The van der Waals surface area contributed by atoms with Gasteiger partial charge in [-0.15, -0.1) is 0 Å². The van der Waals surface area contributed by atoms with Crippen molar-refractivity contribution >= 4 is 23.2 Å². The van der Waals surface area contributed by atoms with E-state index in [1.165, 1.54) is 6.07 Å². The summed E-state index contributed by atoms with van der Waals surface area (Å²) in [5, 5.41) is 18.3. The van der Waals surface area contributed by atoms with Crippen LogP contribution in [0.2, 0.25) is 10.0 Å². The number of ether oxygens (including phenoxy) is 3. The van der Waals surface area contributed by atoms with Crippen LogP contribution >= 0.6 is 23.2 Å². The van der Waals surface area contributed by atoms with Gasteiger partial charge in [0.15, 0.2) is 0 Å². The minimum Gasteiger partial charge on any atom is -0.385 e. The Morgan fingerprint density at radius 1 is 0.804 bits per heavy atom. The van der Waals surface area contributed by atoms with E-state index in [-0.39, 0.29) is 27.7 Å². The van der Waals surface area contributed by atoms with E-state index < -0.39 is 17.0 Å². The Morgan fingerprint density at radius 3 is 1.93 bits per heavy atom. The van der Waals surface area contributed by atoms with E-state index in [0.717, 1.165) is 77.4 Å². The molecule has 2 aromatic carbocycles. The van der Waals surface area contributed by atoms with Crippen LogP contribution < -0.4 is 10.6 Å². The van der Waals surface area contributed by atoms with Crippen LogP contribution in [-0.2, 0) is 25.4 Å². The zero-order valence-electron chi connectivity index (χ0n) is 27.8. The molecule has 0 aliphatic carbocycles. The van der Waals surface area contributed by atoms with Gasteiger partial charge >= 0.3 is 0 Å². The van der Waals surface area contributed by atoms with Crippen LogP contribution in [0.1, 0.15) is 82.3 Å². The SMILES string of the molecule is CCOCCCC[C@](O)(c1cccc(Cl)c1F)C1CCCNC1.COCCCC[C@@](OC)(c1cccc(Cl)c1F)C1CCCNC1. The van der Waals surface area contributed by atoms with Gasteiger partial charge in [0.1, 0.15) is 11.6 Å². The number of hydrogen-bond acceptors (Lipinski definition) is 6. The Hall–Kier alpha value is -1.36. The van der Waals surface area contributed by atoms with Crippen LogP contribution in [0.4, 0.5) is 8.78 Å². The van der Waals surface area contributed by atoms with Crippen molar-refractivity contribution in [1.82, 2.24) is 10.6 Å². The number of hydrogen-bond donors (Lipinski definition) is 3. The van der Waals surface area contributed by atoms with Crippen LogP contribution in [-0.4, -0.2) is 65.3 Å². The maximum absolute atomic E-state index is 14.8. The lowest BCUT2D eigenvalue weighted by Crippen LogP contribution is -2.46. The van der Waals surface area contributed by atoms with Gasteiger partial charge in [-0.3, -0.25) is 0 Å². The first-order valence-corrected chi connectivity index (χ1v) is 17.6. The van der Waals surface area contributed by atoms with E-state index in [1.807, 2.05) is 13.0 Å². The number of piperidine rings is 2. The number of unbranched alkanes of at least 4 members (excludes halogenated alkanes) is 2. The van der Waals surface area contributed by atoms with Crippen molar-refractivity contribution in [2.45, 2.75) is 82.3 Å². The Balaban J connectivity index is 0.000000250. The Morgan fingerprint density at radius 2 is 1.37 bits per heavy atom. The highest BCUT2D eigenvalue weighted by Crippen LogP contribution is 2.44. The number of halogens is 4. The van der Waals surface area contributed by atoms with Crippen LogP contribution in [0.15, 0.2) is 36.4 Å². The van der Waals surface area contributed by atoms with Crippen molar-refractivity contribution in [2.24, 2.45) is 11.8 Å². The van der Waals surface area contributed by atoms with Crippen LogP contribution in [0.5, 0.6) is 0 Å². The standard InChI is InChI=1S/2C18H27ClFNO2/c1-22-12-4-3-10-18(23-2,14-7-6-11-21-13-14)15-8-5-9-16(19)17(15)20;1-2-23-12-4-3-10-18(22,14-7-6-11-21-13-14)15-8-5-9-16(19)17(15)20/h5,8-9,14,21H,3-4,6-7,10-13H2,1-2H3;5,8-9,14,21-22H,2-4,6-7,10-13H2,1H3/t2*14?,18-/m01/s1. The largest absolute Gasteiger partial charge is 0.385 e. The third-order valence-electron chi connectivity index (χ3n) is 9.57. The van der Waals surface area contributed by atoms with Gasteiger partial charge in [0, 0.05) is 70.1 Å². The molecule has 2 heterocycles. The molecule has 0 saturated carbocycles. The molecule has 4 atom stereocenters. The van der Waals surface area contributed by atoms with Crippen molar-refractivity contribution in [3.8, 4) is 0 Å². The average molecular weight is 688 g/mol. The highest BCUT2D eigenvalue weighted by atomic mass is 35.5. The van der Waals surface area contributed by atoms with Gasteiger partial charge in [0.05, 0.1) is 21.2 Å². The van der Waals surface area contributed by atoms with Crippen molar-refractivity contribution in [3.63, 3.8) is 0 Å². The minimum atomic E-state index is -1.19. The molecule has 2 unspecified atom stereocenters. The van der Waals surface area contributed by atoms with Crippen molar-refractivity contribution in [1.29, 1.82) is 0 Å². The predicted octanol–water partition coefficient (Wildman–Crippen LogP) is 8.01. The summed E-state index contributed by atoms with van der Waals surface area (Å²) in [6.07, 6.45) is 8.77. The van der Waals surface area contributed by atoms with Gasteiger partial charge in [0.25, 0.3) is 0 Å². The van der Waals surface area contributed by atoms with Crippen molar-refractivity contribution < 1.29 is 28.1 Å². The molecule has 6 nitrogen and oxygen atoms in total. The molecule has 2 saturated heterocycles. The summed E-state index contributed by atoms with van der Waals surface area (Å²) in [6.45, 7) is 7.55. The molecule has 46 heavy (non-hydrogen) atoms. The number of benzene rings is 2. The molecule has 2 aliphatic heterocycles. The second kappa shape index (κ2) is 20.2. The summed E-state index contributed by atoms with van der Waals surface area (Å²) < 4.78 is 45.8. The molecular weight excluding hydrogens is 633 g/mol. The van der Waals surface area contributed by atoms with Gasteiger partial charge in [-0.25, -0.2) is 8.78 Å². The molecule has 0 aromatic heterocycles. The third kappa shape index (κ3) is 10.3. The summed E-state index contributed by atoms with van der Waals surface area (Å²) in [6, 6.07) is 10.1. The Labute approximate surface area is 284 Å². The average Bonchev–Trinajstić information content (AvgIpc) is 3.08. The highest BCUT2D eigenvalue weighted by molar-refractivity contribution is 6.31. The van der Waals surface area contributed by atoms with E-state index in [9.17, 15) is 13.9 Å². The minimum absolute atomic E-state index is 0.00342. The molecule has 0 bridgehead atoms. The normalized spacial score (nSPS) is 21.1. The monoisotopic (exact) mass is 686 g/mol. The second-order valence-corrected chi connectivity index (χ2v) is 13.2. The molecule has 2 fully saturated rings. The van der Waals surface area contributed by atoms with Gasteiger partial charge in [0.2, 0.25) is 0 Å². The number of methoxy groups -OCH3 is 2. The maximum atomic E-state index is 14.8. The lowest BCUT2D eigenvalue weighted by molar-refractivity contribution is -0.0822. The predicted molar refractivity (Wildman–Crippen MR) is 183 cm³/mol. The lowest BCUT2D eigenvalue weighted by atomic mass is 9.74. The highest BCUT2D eigenvalue weighted by Gasteiger charge is 2.43. The Kier molecular flexibility index (Phi) is 17.2. The summed E-state index contributed by atoms with van der Waals surface area (Å²) in [4.78, 5) is 0. The number of nitrogens with one attached hydrogen (secondary N) is 2. The fraction of sp³-hybridized carbons (Fsp3) is 0.667. The van der Waals surface area contributed by atoms with E-state index in [4.69, 9.17) is 37.4 Å². The number of aliphatic hydroxyl groups is 1. The Bertz CT molecular complexity index is 1170. The van der Waals surface area contributed by atoms with E-state index >= 15 is 0 Å². The number of rotatable bonds is 16. The van der Waals surface area contributed by atoms with Crippen LogP contribution in [0.25, 0.3) is 0 Å². The van der Waals surface area contributed by atoms with Gasteiger partial charge in [-0.05, 0) is 96.4 Å². The molecule has 0 amide bonds. The van der Waals surface area contributed by atoms with Gasteiger partial charge < -0.3 is 30.0 Å². The topological polar surface area (TPSA) is 72.0 Å². The molecule has 260 valence electrons. The lowest BCUT2D eigenvalue weighted by Gasteiger charge is -2.42. The van der Waals surface area contributed by atoms with E-state index in [0.29, 0.717) is 43.9 Å². The molecule has 2 aliphatic rings. The quantitative estimate of drug-likeness (QED) is 0.155. The molecule has 4 rings (SSSR count). The van der Waals surface area contributed by atoms with Gasteiger partial charge in [-0.2, -0.15) is 0 Å². The fourth-order valence-electron chi connectivity index (χ4n) is 7.05. The molecular formula is C36H54Cl2F2N2O4. The van der Waals surface area contributed by atoms with Gasteiger partial charge in [-0.1, -0.05) is 47.5 Å².